The van der Waals surface area contributed by atoms with Gasteiger partial charge in [0.05, 0.1) is 0 Å². The Morgan fingerprint density at radius 1 is 1.20 bits per heavy atom. The van der Waals surface area contributed by atoms with E-state index in [1.807, 2.05) is 13.8 Å². The van der Waals surface area contributed by atoms with Gasteiger partial charge in [0.15, 0.2) is 0 Å². The average molecular weight is 234 g/mol. The van der Waals surface area contributed by atoms with Gasteiger partial charge in [-0.1, -0.05) is 33.1 Å². The lowest BCUT2D eigenvalue weighted by atomic mass is 9.96. The van der Waals surface area contributed by atoms with E-state index in [1.165, 1.54) is 6.42 Å². The molecule has 1 rings (SSSR count). The normalized spacial score (nSPS) is 19.7. The number of nitrogens with one attached hydrogen (secondary N) is 2. The zero-order valence-corrected chi connectivity index (χ0v) is 10.4. The molecular weight excluding hydrogens is 212 g/mol. The predicted molar refractivity (Wildman–Crippen MR) is 61.8 cm³/mol. The van der Waals surface area contributed by atoms with E-state index in [9.17, 15) is 8.42 Å². The average Bonchev–Trinajstić information content (AvgIpc) is 2.16. The smallest absolute Gasteiger partial charge is 0.202 e. The number of hydrogen-bond donors (Lipinski definition) is 2. The van der Waals surface area contributed by atoms with Crippen LogP contribution in [-0.4, -0.2) is 21.0 Å². The molecule has 90 valence electrons. The fourth-order valence-corrected chi connectivity index (χ4v) is 3.07. The summed E-state index contributed by atoms with van der Waals surface area (Å²) in [6.07, 6.45) is 5.46. The van der Waals surface area contributed by atoms with Gasteiger partial charge in [0.2, 0.25) is 0 Å². The van der Waals surface area contributed by atoms with Crippen LogP contribution < -0.4 is 9.44 Å². The summed E-state index contributed by atoms with van der Waals surface area (Å²) in [5.41, 5.74) is 0. The first-order valence-corrected chi connectivity index (χ1v) is 7.25. The van der Waals surface area contributed by atoms with Crippen LogP contribution in [-0.2, 0) is 10.2 Å². The molecule has 1 aliphatic carbocycles. The van der Waals surface area contributed by atoms with Crippen LogP contribution in [0.4, 0.5) is 0 Å². The molecule has 0 saturated heterocycles. The molecule has 1 fully saturated rings. The molecule has 0 heterocycles. The van der Waals surface area contributed by atoms with Crippen molar-refractivity contribution in [1.82, 2.24) is 9.44 Å². The van der Waals surface area contributed by atoms with Gasteiger partial charge in [-0.05, 0) is 18.8 Å². The maximum atomic E-state index is 11.6. The van der Waals surface area contributed by atoms with Gasteiger partial charge in [0, 0.05) is 12.6 Å². The fraction of sp³-hybridized carbons (Fsp3) is 1.00. The van der Waals surface area contributed by atoms with Gasteiger partial charge in [-0.2, -0.15) is 13.1 Å². The Morgan fingerprint density at radius 2 is 1.80 bits per heavy atom. The van der Waals surface area contributed by atoms with Crippen LogP contribution in [0.3, 0.4) is 0 Å². The standard InChI is InChI=1S/C10H22N2O2S/c1-9(2)8-11-15(13,14)12-10-6-4-3-5-7-10/h9-12H,3-8H2,1-2H3. The Kier molecular flexibility index (Phi) is 5.02. The summed E-state index contributed by atoms with van der Waals surface area (Å²) in [5, 5.41) is 0. The summed E-state index contributed by atoms with van der Waals surface area (Å²) < 4.78 is 28.4. The summed E-state index contributed by atoms with van der Waals surface area (Å²) >= 11 is 0. The molecular formula is C10H22N2O2S. The molecule has 0 aromatic carbocycles. The minimum atomic E-state index is -3.28. The molecule has 0 aliphatic heterocycles. The molecule has 1 aliphatic rings. The van der Waals surface area contributed by atoms with Crippen LogP contribution in [0, 0.1) is 5.92 Å². The van der Waals surface area contributed by atoms with Crippen molar-refractivity contribution in [1.29, 1.82) is 0 Å². The van der Waals surface area contributed by atoms with E-state index in [-0.39, 0.29) is 6.04 Å². The third kappa shape index (κ3) is 5.49. The molecule has 0 unspecified atom stereocenters. The van der Waals surface area contributed by atoms with E-state index in [4.69, 9.17) is 0 Å². The highest BCUT2D eigenvalue weighted by atomic mass is 32.2. The van der Waals surface area contributed by atoms with Gasteiger partial charge in [-0.15, -0.1) is 0 Å². The largest absolute Gasteiger partial charge is 0.277 e. The molecule has 5 heteroatoms. The van der Waals surface area contributed by atoms with Crippen LogP contribution in [0.15, 0.2) is 0 Å². The topological polar surface area (TPSA) is 58.2 Å². The van der Waals surface area contributed by atoms with E-state index in [1.54, 1.807) is 0 Å². The quantitative estimate of drug-likeness (QED) is 0.755. The van der Waals surface area contributed by atoms with Crippen molar-refractivity contribution in [2.75, 3.05) is 6.54 Å². The Bertz CT molecular complexity index is 269. The summed E-state index contributed by atoms with van der Waals surface area (Å²) in [4.78, 5) is 0. The molecule has 0 aromatic rings. The first-order chi connectivity index (χ1) is 6.99. The first-order valence-electron chi connectivity index (χ1n) is 5.76. The summed E-state index contributed by atoms with van der Waals surface area (Å²) in [6, 6.07) is 0.142. The molecule has 0 amide bonds. The van der Waals surface area contributed by atoms with Gasteiger partial charge < -0.3 is 0 Å². The maximum Gasteiger partial charge on any atom is 0.277 e. The van der Waals surface area contributed by atoms with Gasteiger partial charge in [0.25, 0.3) is 10.2 Å². The number of rotatable bonds is 5. The van der Waals surface area contributed by atoms with Crippen molar-refractivity contribution in [3.05, 3.63) is 0 Å². The van der Waals surface area contributed by atoms with E-state index < -0.39 is 10.2 Å². The molecule has 0 bridgehead atoms. The van der Waals surface area contributed by atoms with Gasteiger partial charge in [0.1, 0.15) is 0 Å². The minimum Gasteiger partial charge on any atom is -0.202 e. The molecule has 0 spiro atoms. The van der Waals surface area contributed by atoms with Crippen molar-refractivity contribution in [2.45, 2.75) is 52.0 Å². The van der Waals surface area contributed by atoms with Crippen LogP contribution in [0.25, 0.3) is 0 Å². The van der Waals surface area contributed by atoms with Gasteiger partial charge in [-0.25, -0.2) is 4.72 Å². The molecule has 1 saturated carbocycles. The lowest BCUT2D eigenvalue weighted by Gasteiger charge is -2.22. The highest BCUT2D eigenvalue weighted by Gasteiger charge is 2.19. The summed E-state index contributed by atoms with van der Waals surface area (Å²) in [7, 11) is -3.28. The fourth-order valence-electron chi connectivity index (χ4n) is 1.76. The Hall–Kier alpha value is -0.130. The highest BCUT2D eigenvalue weighted by molar-refractivity contribution is 7.87. The van der Waals surface area contributed by atoms with Crippen molar-refractivity contribution < 1.29 is 8.42 Å². The molecule has 4 nitrogen and oxygen atoms in total. The Morgan fingerprint density at radius 3 is 2.33 bits per heavy atom. The Labute approximate surface area is 93.0 Å². The lowest BCUT2D eigenvalue weighted by molar-refractivity contribution is 0.409. The van der Waals surface area contributed by atoms with Crippen LogP contribution in [0.2, 0.25) is 0 Å². The molecule has 0 radical (unpaired) electrons. The van der Waals surface area contributed by atoms with Crippen LogP contribution in [0.5, 0.6) is 0 Å². The highest BCUT2D eigenvalue weighted by Crippen LogP contribution is 2.17. The van der Waals surface area contributed by atoms with Crippen molar-refractivity contribution >= 4 is 10.2 Å². The lowest BCUT2D eigenvalue weighted by Crippen LogP contribution is -2.44. The van der Waals surface area contributed by atoms with Crippen LogP contribution in [0.1, 0.15) is 46.0 Å². The van der Waals surface area contributed by atoms with E-state index in [0.29, 0.717) is 12.5 Å². The zero-order chi connectivity index (χ0) is 11.3. The Balaban J connectivity index is 2.34. The maximum absolute atomic E-state index is 11.6. The third-order valence-electron chi connectivity index (χ3n) is 2.61. The summed E-state index contributed by atoms with van der Waals surface area (Å²) in [5.74, 6) is 0.341. The van der Waals surface area contributed by atoms with E-state index in [0.717, 1.165) is 25.7 Å². The third-order valence-corrected chi connectivity index (χ3v) is 3.80. The minimum absolute atomic E-state index is 0.142. The first kappa shape index (κ1) is 12.9. The molecule has 2 N–H and O–H groups in total. The van der Waals surface area contributed by atoms with E-state index >= 15 is 0 Å². The van der Waals surface area contributed by atoms with Crippen molar-refractivity contribution in [3.63, 3.8) is 0 Å². The summed E-state index contributed by atoms with van der Waals surface area (Å²) in [6.45, 7) is 4.48. The second kappa shape index (κ2) is 5.82. The molecule has 0 aromatic heterocycles. The van der Waals surface area contributed by atoms with E-state index in [2.05, 4.69) is 9.44 Å². The predicted octanol–water partition coefficient (Wildman–Crippen LogP) is 1.40. The van der Waals surface area contributed by atoms with Crippen LogP contribution >= 0.6 is 0 Å². The SMILES string of the molecule is CC(C)CNS(=O)(=O)NC1CCCCC1. The monoisotopic (exact) mass is 234 g/mol. The zero-order valence-electron chi connectivity index (χ0n) is 9.62. The van der Waals surface area contributed by atoms with Gasteiger partial charge in [-0.3, -0.25) is 0 Å². The second-order valence-corrected chi connectivity index (χ2v) is 6.23. The number of hydrogen-bond acceptors (Lipinski definition) is 2. The molecule has 0 atom stereocenters. The second-order valence-electron chi connectivity index (χ2n) is 4.70. The van der Waals surface area contributed by atoms with Gasteiger partial charge >= 0.3 is 0 Å². The van der Waals surface area contributed by atoms with Crippen molar-refractivity contribution in [3.8, 4) is 0 Å². The van der Waals surface area contributed by atoms with Crippen molar-refractivity contribution in [2.24, 2.45) is 5.92 Å². The molecule has 15 heavy (non-hydrogen) atoms.